The predicted octanol–water partition coefficient (Wildman–Crippen LogP) is 3.37. The van der Waals surface area contributed by atoms with Crippen molar-refractivity contribution in [3.8, 4) is 0 Å². The van der Waals surface area contributed by atoms with Gasteiger partial charge in [0.2, 0.25) is 0 Å². The van der Waals surface area contributed by atoms with Gasteiger partial charge in [-0.15, -0.1) is 0 Å². The highest BCUT2D eigenvalue weighted by Crippen LogP contribution is 2.22. The molecule has 1 fully saturated rings. The SMILES string of the molecule is CCC1CCCCCN1C(=O)c1cc(C)cc(N)c1. The summed E-state index contributed by atoms with van der Waals surface area (Å²) in [7, 11) is 0. The average molecular weight is 260 g/mol. The van der Waals surface area contributed by atoms with Crippen LogP contribution in [0.25, 0.3) is 0 Å². The molecule has 19 heavy (non-hydrogen) atoms. The molecule has 0 bridgehead atoms. The van der Waals surface area contributed by atoms with Crippen LogP contribution in [0.4, 0.5) is 5.69 Å². The Kier molecular flexibility index (Phi) is 4.46. The largest absolute Gasteiger partial charge is 0.399 e. The van der Waals surface area contributed by atoms with E-state index in [4.69, 9.17) is 5.73 Å². The van der Waals surface area contributed by atoms with Crippen LogP contribution in [0, 0.1) is 6.92 Å². The van der Waals surface area contributed by atoms with Crippen molar-refractivity contribution in [3.05, 3.63) is 29.3 Å². The highest BCUT2D eigenvalue weighted by Gasteiger charge is 2.25. The summed E-state index contributed by atoms with van der Waals surface area (Å²) in [4.78, 5) is 14.8. The highest BCUT2D eigenvalue weighted by atomic mass is 16.2. The summed E-state index contributed by atoms with van der Waals surface area (Å²) in [6, 6.07) is 6.02. The Morgan fingerprint density at radius 2 is 2.11 bits per heavy atom. The van der Waals surface area contributed by atoms with E-state index >= 15 is 0 Å². The number of nitrogens with zero attached hydrogens (tertiary/aromatic N) is 1. The lowest BCUT2D eigenvalue weighted by Gasteiger charge is -2.29. The number of amides is 1. The predicted molar refractivity (Wildman–Crippen MR) is 79.2 cm³/mol. The van der Waals surface area contributed by atoms with Crippen LogP contribution in [0.2, 0.25) is 0 Å². The van der Waals surface area contributed by atoms with E-state index in [2.05, 4.69) is 11.8 Å². The normalized spacial score (nSPS) is 20.1. The monoisotopic (exact) mass is 260 g/mol. The van der Waals surface area contributed by atoms with Crippen molar-refractivity contribution in [1.29, 1.82) is 0 Å². The van der Waals surface area contributed by atoms with Crippen LogP contribution in [-0.4, -0.2) is 23.4 Å². The number of carbonyl (C=O) groups excluding carboxylic acids is 1. The molecular formula is C16H24N2O. The first kappa shape index (κ1) is 13.9. The van der Waals surface area contributed by atoms with Gasteiger partial charge in [0, 0.05) is 23.8 Å². The molecule has 1 aliphatic heterocycles. The Morgan fingerprint density at radius 3 is 2.79 bits per heavy atom. The zero-order valence-electron chi connectivity index (χ0n) is 12.0. The van der Waals surface area contributed by atoms with Gasteiger partial charge in [0.05, 0.1) is 0 Å². The number of rotatable bonds is 2. The Labute approximate surface area is 115 Å². The van der Waals surface area contributed by atoms with Gasteiger partial charge >= 0.3 is 0 Å². The fourth-order valence-corrected chi connectivity index (χ4v) is 2.97. The number of aryl methyl sites for hydroxylation is 1. The summed E-state index contributed by atoms with van der Waals surface area (Å²) in [5, 5.41) is 0. The molecule has 2 N–H and O–H groups in total. The number of anilines is 1. The van der Waals surface area contributed by atoms with E-state index in [0.29, 0.717) is 11.7 Å². The molecule has 1 aromatic rings. The number of likely N-dealkylation sites (tertiary alicyclic amines) is 1. The molecule has 3 nitrogen and oxygen atoms in total. The maximum absolute atomic E-state index is 12.7. The molecule has 1 saturated heterocycles. The molecular weight excluding hydrogens is 236 g/mol. The van der Waals surface area contributed by atoms with Gasteiger partial charge in [-0.05, 0) is 49.9 Å². The Hall–Kier alpha value is -1.51. The van der Waals surface area contributed by atoms with Crippen molar-refractivity contribution in [3.63, 3.8) is 0 Å². The number of benzene rings is 1. The third kappa shape index (κ3) is 3.28. The molecule has 104 valence electrons. The van der Waals surface area contributed by atoms with Gasteiger partial charge in [0.1, 0.15) is 0 Å². The molecule has 1 aromatic carbocycles. The van der Waals surface area contributed by atoms with Crippen LogP contribution in [-0.2, 0) is 0 Å². The van der Waals surface area contributed by atoms with Crippen LogP contribution in [0.1, 0.15) is 54.9 Å². The van der Waals surface area contributed by atoms with Crippen molar-refractivity contribution in [1.82, 2.24) is 4.90 Å². The molecule has 0 saturated carbocycles. The van der Waals surface area contributed by atoms with E-state index in [9.17, 15) is 4.79 Å². The second kappa shape index (κ2) is 6.09. The average Bonchev–Trinajstić information content (AvgIpc) is 2.61. The van der Waals surface area contributed by atoms with Crippen molar-refractivity contribution in [2.45, 2.75) is 52.0 Å². The summed E-state index contributed by atoms with van der Waals surface area (Å²) in [5.41, 5.74) is 8.31. The summed E-state index contributed by atoms with van der Waals surface area (Å²) in [6.07, 6.45) is 5.74. The third-order valence-corrected chi connectivity index (χ3v) is 3.96. The molecule has 1 unspecified atom stereocenters. The van der Waals surface area contributed by atoms with Crippen LogP contribution in [0.15, 0.2) is 18.2 Å². The van der Waals surface area contributed by atoms with Gasteiger partial charge < -0.3 is 10.6 Å². The number of hydrogen-bond acceptors (Lipinski definition) is 2. The molecule has 1 heterocycles. The summed E-state index contributed by atoms with van der Waals surface area (Å²) in [5.74, 6) is 0.143. The fraction of sp³-hybridized carbons (Fsp3) is 0.562. The van der Waals surface area contributed by atoms with E-state index in [1.165, 1.54) is 12.8 Å². The number of nitrogens with two attached hydrogens (primary N) is 1. The van der Waals surface area contributed by atoms with Gasteiger partial charge in [-0.2, -0.15) is 0 Å². The minimum atomic E-state index is 0.143. The quantitative estimate of drug-likeness (QED) is 0.829. The second-order valence-electron chi connectivity index (χ2n) is 5.54. The van der Waals surface area contributed by atoms with Gasteiger partial charge in [-0.3, -0.25) is 4.79 Å². The lowest BCUT2D eigenvalue weighted by atomic mass is 10.1. The molecule has 2 rings (SSSR count). The summed E-state index contributed by atoms with van der Waals surface area (Å²) >= 11 is 0. The Balaban J connectivity index is 2.25. The zero-order chi connectivity index (χ0) is 13.8. The lowest BCUT2D eigenvalue weighted by molar-refractivity contribution is 0.0678. The Morgan fingerprint density at radius 1 is 1.32 bits per heavy atom. The first-order chi connectivity index (χ1) is 9.11. The number of nitrogen functional groups attached to an aromatic ring is 1. The number of carbonyl (C=O) groups is 1. The van der Waals surface area contributed by atoms with E-state index in [1.54, 1.807) is 6.07 Å². The highest BCUT2D eigenvalue weighted by molar-refractivity contribution is 5.95. The van der Waals surface area contributed by atoms with Gasteiger partial charge in [0.15, 0.2) is 0 Å². The van der Waals surface area contributed by atoms with Crippen molar-refractivity contribution >= 4 is 11.6 Å². The van der Waals surface area contributed by atoms with E-state index < -0.39 is 0 Å². The molecule has 1 amide bonds. The van der Waals surface area contributed by atoms with E-state index in [0.717, 1.165) is 36.9 Å². The maximum atomic E-state index is 12.7. The molecule has 1 atom stereocenters. The lowest BCUT2D eigenvalue weighted by Crippen LogP contribution is -2.39. The van der Waals surface area contributed by atoms with E-state index in [1.807, 2.05) is 19.1 Å². The second-order valence-corrected chi connectivity index (χ2v) is 5.54. The molecule has 0 radical (unpaired) electrons. The number of hydrogen-bond donors (Lipinski definition) is 1. The standard InChI is InChI=1S/C16H24N2O/c1-3-15-7-5-4-6-8-18(15)16(19)13-9-12(2)10-14(17)11-13/h9-11,15H,3-8,17H2,1-2H3. The minimum absolute atomic E-state index is 0.143. The molecule has 0 spiro atoms. The van der Waals surface area contributed by atoms with Crippen molar-refractivity contribution in [2.75, 3.05) is 12.3 Å². The smallest absolute Gasteiger partial charge is 0.254 e. The first-order valence-corrected chi connectivity index (χ1v) is 7.30. The van der Waals surface area contributed by atoms with Crippen LogP contribution in [0.5, 0.6) is 0 Å². The maximum Gasteiger partial charge on any atom is 0.254 e. The van der Waals surface area contributed by atoms with Crippen LogP contribution < -0.4 is 5.73 Å². The van der Waals surface area contributed by atoms with Crippen LogP contribution in [0.3, 0.4) is 0 Å². The fourth-order valence-electron chi connectivity index (χ4n) is 2.97. The third-order valence-electron chi connectivity index (χ3n) is 3.96. The minimum Gasteiger partial charge on any atom is -0.399 e. The van der Waals surface area contributed by atoms with Gasteiger partial charge in [-0.25, -0.2) is 0 Å². The molecule has 0 aliphatic carbocycles. The van der Waals surface area contributed by atoms with Gasteiger partial charge in [0.25, 0.3) is 5.91 Å². The van der Waals surface area contributed by atoms with Crippen LogP contribution >= 0.6 is 0 Å². The first-order valence-electron chi connectivity index (χ1n) is 7.30. The Bertz CT molecular complexity index is 436. The molecule has 3 heteroatoms. The zero-order valence-corrected chi connectivity index (χ0v) is 12.0. The van der Waals surface area contributed by atoms with Crippen molar-refractivity contribution < 1.29 is 4.79 Å². The molecule has 1 aliphatic rings. The van der Waals surface area contributed by atoms with E-state index in [-0.39, 0.29) is 5.91 Å². The summed E-state index contributed by atoms with van der Waals surface area (Å²) in [6.45, 7) is 5.03. The topological polar surface area (TPSA) is 46.3 Å². The van der Waals surface area contributed by atoms with Gasteiger partial charge in [-0.1, -0.05) is 19.8 Å². The van der Waals surface area contributed by atoms with Crippen molar-refractivity contribution in [2.24, 2.45) is 0 Å². The molecule has 0 aromatic heterocycles. The summed E-state index contributed by atoms with van der Waals surface area (Å²) < 4.78 is 0.